The Morgan fingerprint density at radius 1 is 1.00 bits per heavy atom. The Hall–Kier alpha value is 0.580. The summed E-state index contributed by atoms with van der Waals surface area (Å²) in [5, 5.41) is 0.362. The molecule has 0 aliphatic heterocycles. The van der Waals surface area contributed by atoms with E-state index in [0.717, 1.165) is 18.7 Å². The summed E-state index contributed by atoms with van der Waals surface area (Å²) in [5.41, 5.74) is 0. The zero-order valence-electron chi connectivity index (χ0n) is 7.99. The van der Waals surface area contributed by atoms with E-state index in [1.54, 1.807) is 0 Å². The van der Waals surface area contributed by atoms with Crippen LogP contribution in [0.25, 0.3) is 0 Å². The van der Waals surface area contributed by atoms with Gasteiger partial charge in [-0.25, -0.2) is 0 Å². The summed E-state index contributed by atoms with van der Waals surface area (Å²) in [6.07, 6.45) is 8.57. The molecular weight excluding hydrogens is 191 g/mol. The van der Waals surface area contributed by atoms with Crippen molar-refractivity contribution < 1.29 is 0 Å². The lowest BCUT2D eigenvalue weighted by Crippen LogP contribution is -1.98. The van der Waals surface area contributed by atoms with Gasteiger partial charge < -0.3 is 0 Å². The van der Waals surface area contributed by atoms with Crippen LogP contribution in [-0.2, 0) is 0 Å². The molecule has 2 heteroatoms. The largest absolute Gasteiger partial charge is 0.127 e. The molecule has 0 saturated carbocycles. The molecule has 0 amide bonds. The van der Waals surface area contributed by atoms with Gasteiger partial charge in [-0.05, 0) is 19.3 Å². The fraction of sp³-hybridized carbons (Fsp3) is 1.00. The fourth-order valence-electron chi connectivity index (χ4n) is 1.24. The Kier molecular flexibility index (Phi) is 10.1. The van der Waals surface area contributed by atoms with E-state index in [4.69, 9.17) is 23.2 Å². The number of unbranched alkanes of at least 4 members (excludes halogenated alkanes) is 3. The highest BCUT2D eigenvalue weighted by Crippen LogP contribution is 2.15. The standard InChI is InChI=1S/C10H20Cl2/c1-2-3-4-5-7-10(12)8-6-9-11/h10H,2-9H2,1H3. The van der Waals surface area contributed by atoms with E-state index in [-0.39, 0.29) is 0 Å². The highest BCUT2D eigenvalue weighted by Gasteiger charge is 2.02. The van der Waals surface area contributed by atoms with Crippen molar-refractivity contribution in [1.82, 2.24) is 0 Å². The molecule has 1 atom stereocenters. The molecule has 0 N–H and O–H groups in total. The van der Waals surface area contributed by atoms with Crippen molar-refractivity contribution in [2.24, 2.45) is 0 Å². The van der Waals surface area contributed by atoms with Gasteiger partial charge in [-0.15, -0.1) is 23.2 Å². The minimum atomic E-state index is 0.362. The second-order valence-corrected chi connectivity index (χ2v) is 4.27. The third-order valence-electron chi connectivity index (χ3n) is 2.02. The third kappa shape index (κ3) is 8.67. The highest BCUT2D eigenvalue weighted by molar-refractivity contribution is 6.20. The molecule has 0 nitrogen and oxygen atoms in total. The summed E-state index contributed by atoms with van der Waals surface area (Å²) in [6, 6.07) is 0. The number of hydrogen-bond donors (Lipinski definition) is 0. The molecular formula is C10H20Cl2. The van der Waals surface area contributed by atoms with Gasteiger partial charge in [0.05, 0.1) is 0 Å². The molecule has 0 aliphatic carbocycles. The first-order valence-corrected chi connectivity index (χ1v) is 5.98. The van der Waals surface area contributed by atoms with Crippen molar-refractivity contribution in [2.75, 3.05) is 5.88 Å². The highest BCUT2D eigenvalue weighted by atomic mass is 35.5. The number of alkyl halides is 2. The third-order valence-corrected chi connectivity index (χ3v) is 2.73. The second-order valence-electron chi connectivity index (χ2n) is 3.28. The molecule has 0 saturated heterocycles. The molecule has 12 heavy (non-hydrogen) atoms. The average molecular weight is 211 g/mol. The van der Waals surface area contributed by atoms with Gasteiger partial charge in [-0.3, -0.25) is 0 Å². The molecule has 0 spiro atoms. The zero-order valence-corrected chi connectivity index (χ0v) is 9.50. The Morgan fingerprint density at radius 3 is 2.25 bits per heavy atom. The average Bonchev–Trinajstić information content (AvgIpc) is 2.09. The van der Waals surface area contributed by atoms with Crippen molar-refractivity contribution >= 4 is 23.2 Å². The smallest absolute Gasteiger partial charge is 0.0336 e. The van der Waals surface area contributed by atoms with E-state index in [2.05, 4.69) is 6.92 Å². The van der Waals surface area contributed by atoms with Crippen LogP contribution in [0.5, 0.6) is 0 Å². The summed E-state index contributed by atoms with van der Waals surface area (Å²) in [5.74, 6) is 0.748. The minimum Gasteiger partial charge on any atom is -0.127 e. The van der Waals surface area contributed by atoms with Gasteiger partial charge in [-0.2, -0.15) is 0 Å². The molecule has 0 fully saturated rings. The van der Waals surface area contributed by atoms with Crippen LogP contribution < -0.4 is 0 Å². The summed E-state index contributed by atoms with van der Waals surface area (Å²) in [7, 11) is 0. The Morgan fingerprint density at radius 2 is 1.67 bits per heavy atom. The van der Waals surface area contributed by atoms with Crippen LogP contribution in [0.15, 0.2) is 0 Å². The van der Waals surface area contributed by atoms with Crippen molar-refractivity contribution in [3.05, 3.63) is 0 Å². The maximum absolute atomic E-state index is 6.08. The lowest BCUT2D eigenvalue weighted by molar-refractivity contribution is 0.591. The predicted octanol–water partition coefficient (Wildman–Crippen LogP) is 4.58. The van der Waals surface area contributed by atoms with Crippen molar-refractivity contribution in [1.29, 1.82) is 0 Å². The van der Waals surface area contributed by atoms with Crippen molar-refractivity contribution in [2.45, 2.75) is 57.2 Å². The van der Waals surface area contributed by atoms with Gasteiger partial charge in [0.15, 0.2) is 0 Å². The lowest BCUT2D eigenvalue weighted by atomic mass is 10.1. The van der Waals surface area contributed by atoms with Crippen LogP contribution in [0.4, 0.5) is 0 Å². The zero-order chi connectivity index (χ0) is 9.23. The van der Waals surface area contributed by atoms with E-state index in [1.165, 1.54) is 32.1 Å². The second kappa shape index (κ2) is 9.67. The van der Waals surface area contributed by atoms with Gasteiger partial charge in [0.1, 0.15) is 0 Å². The van der Waals surface area contributed by atoms with Crippen LogP contribution >= 0.6 is 23.2 Å². The Balaban J connectivity index is 3.02. The molecule has 0 rings (SSSR count). The molecule has 74 valence electrons. The predicted molar refractivity (Wildman–Crippen MR) is 58.4 cm³/mol. The minimum absolute atomic E-state index is 0.362. The number of hydrogen-bond acceptors (Lipinski definition) is 0. The van der Waals surface area contributed by atoms with E-state index in [0.29, 0.717) is 5.38 Å². The van der Waals surface area contributed by atoms with Crippen LogP contribution in [0.1, 0.15) is 51.9 Å². The van der Waals surface area contributed by atoms with E-state index in [1.807, 2.05) is 0 Å². The van der Waals surface area contributed by atoms with Crippen LogP contribution in [0.3, 0.4) is 0 Å². The normalized spacial score (nSPS) is 13.2. The van der Waals surface area contributed by atoms with Crippen molar-refractivity contribution in [3.8, 4) is 0 Å². The summed E-state index contributed by atoms with van der Waals surface area (Å²) < 4.78 is 0. The monoisotopic (exact) mass is 210 g/mol. The fourth-order valence-corrected chi connectivity index (χ4v) is 1.70. The van der Waals surface area contributed by atoms with Gasteiger partial charge in [0.25, 0.3) is 0 Å². The topological polar surface area (TPSA) is 0 Å². The molecule has 1 unspecified atom stereocenters. The molecule has 0 aromatic rings. The summed E-state index contributed by atoms with van der Waals surface area (Å²) in [4.78, 5) is 0. The number of rotatable bonds is 8. The van der Waals surface area contributed by atoms with Gasteiger partial charge in [-0.1, -0.05) is 32.6 Å². The van der Waals surface area contributed by atoms with Gasteiger partial charge >= 0.3 is 0 Å². The molecule has 0 bridgehead atoms. The molecule has 0 aromatic carbocycles. The number of halogens is 2. The first-order chi connectivity index (χ1) is 5.81. The molecule has 0 aliphatic rings. The van der Waals surface area contributed by atoms with E-state index in [9.17, 15) is 0 Å². The van der Waals surface area contributed by atoms with Crippen molar-refractivity contribution in [3.63, 3.8) is 0 Å². The van der Waals surface area contributed by atoms with E-state index < -0.39 is 0 Å². The maximum atomic E-state index is 6.08. The first kappa shape index (κ1) is 12.6. The van der Waals surface area contributed by atoms with E-state index >= 15 is 0 Å². The van der Waals surface area contributed by atoms with Crippen LogP contribution in [0.2, 0.25) is 0 Å². The summed E-state index contributed by atoms with van der Waals surface area (Å²) >= 11 is 11.7. The summed E-state index contributed by atoms with van der Waals surface area (Å²) in [6.45, 7) is 2.23. The van der Waals surface area contributed by atoms with Gasteiger partial charge in [0.2, 0.25) is 0 Å². The van der Waals surface area contributed by atoms with Crippen LogP contribution in [0, 0.1) is 0 Å². The first-order valence-electron chi connectivity index (χ1n) is 5.01. The van der Waals surface area contributed by atoms with Gasteiger partial charge in [0, 0.05) is 11.3 Å². The molecule has 0 heterocycles. The quantitative estimate of drug-likeness (QED) is 0.407. The Bertz CT molecular complexity index is 83.9. The molecule has 0 radical (unpaired) electrons. The lowest BCUT2D eigenvalue weighted by Gasteiger charge is -2.07. The molecule has 0 aromatic heterocycles. The maximum Gasteiger partial charge on any atom is 0.0336 e. The SMILES string of the molecule is CCCCCCC(Cl)CCCCl. The Labute approximate surface area is 86.6 Å². The van der Waals surface area contributed by atoms with Crippen LogP contribution in [-0.4, -0.2) is 11.3 Å².